The second-order valence-electron chi connectivity index (χ2n) is 4.13. The molecule has 1 aromatic heterocycles. The van der Waals surface area contributed by atoms with Gasteiger partial charge in [-0.05, 0) is 31.4 Å². The molecule has 0 bridgehead atoms. The number of ether oxygens (including phenoxy) is 1. The number of nitrogens with one attached hydrogen (secondary N) is 1. The first kappa shape index (κ1) is 11.1. The van der Waals surface area contributed by atoms with Crippen molar-refractivity contribution in [3.8, 4) is 0 Å². The predicted octanol–water partition coefficient (Wildman–Crippen LogP) is 0.521. The highest BCUT2D eigenvalue weighted by Crippen LogP contribution is 2.39. The SMILES string of the molecule is CNC(Cn1cc(C2CC2)cn1)C(=O)OC. The molecule has 1 unspecified atom stereocenters. The molecule has 88 valence electrons. The Labute approximate surface area is 94.8 Å². The van der Waals surface area contributed by atoms with Crippen LogP contribution in [0.2, 0.25) is 0 Å². The van der Waals surface area contributed by atoms with Crippen LogP contribution in [-0.4, -0.2) is 35.9 Å². The fourth-order valence-electron chi connectivity index (χ4n) is 1.72. The number of aromatic nitrogens is 2. The smallest absolute Gasteiger partial charge is 0.324 e. The van der Waals surface area contributed by atoms with E-state index in [1.54, 1.807) is 11.7 Å². The third kappa shape index (κ3) is 2.41. The van der Waals surface area contributed by atoms with Crippen LogP contribution in [0.3, 0.4) is 0 Å². The minimum absolute atomic E-state index is 0.258. The van der Waals surface area contributed by atoms with Crippen LogP contribution in [0.1, 0.15) is 24.3 Å². The van der Waals surface area contributed by atoms with Gasteiger partial charge < -0.3 is 10.1 Å². The van der Waals surface area contributed by atoms with Crippen molar-refractivity contribution in [2.24, 2.45) is 0 Å². The molecule has 1 fully saturated rings. The van der Waals surface area contributed by atoms with Crippen LogP contribution in [0, 0.1) is 0 Å². The molecule has 16 heavy (non-hydrogen) atoms. The Morgan fingerprint density at radius 1 is 1.75 bits per heavy atom. The van der Waals surface area contributed by atoms with Crippen molar-refractivity contribution < 1.29 is 9.53 Å². The zero-order chi connectivity index (χ0) is 11.5. The van der Waals surface area contributed by atoms with E-state index < -0.39 is 0 Å². The Bertz CT molecular complexity index is 371. The van der Waals surface area contributed by atoms with Gasteiger partial charge in [-0.1, -0.05) is 0 Å². The molecule has 1 aliphatic carbocycles. The van der Waals surface area contributed by atoms with Gasteiger partial charge in [-0.25, -0.2) is 0 Å². The number of nitrogens with zero attached hydrogens (tertiary/aromatic N) is 2. The van der Waals surface area contributed by atoms with Crippen LogP contribution < -0.4 is 5.32 Å². The summed E-state index contributed by atoms with van der Waals surface area (Å²) in [5.41, 5.74) is 1.28. The average Bonchev–Trinajstić information content (AvgIpc) is 3.05. The molecule has 5 heteroatoms. The number of carbonyl (C=O) groups is 1. The van der Waals surface area contributed by atoms with Crippen molar-refractivity contribution in [1.29, 1.82) is 0 Å². The van der Waals surface area contributed by atoms with Gasteiger partial charge in [0.05, 0.1) is 19.9 Å². The molecule has 1 aromatic rings. The third-order valence-electron chi connectivity index (χ3n) is 2.91. The molecule has 1 heterocycles. The zero-order valence-electron chi connectivity index (χ0n) is 9.64. The maximum absolute atomic E-state index is 11.4. The van der Waals surface area contributed by atoms with E-state index >= 15 is 0 Å². The Morgan fingerprint density at radius 3 is 3.06 bits per heavy atom. The molecule has 0 amide bonds. The summed E-state index contributed by atoms with van der Waals surface area (Å²) in [6.45, 7) is 0.510. The fraction of sp³-hybridized carbons (Fsp3) is 0.636. The summed E-state index contributed by atoms with van der Waals surface area (Å²) >= 11 is 0. The van der Waals surface area contributed by atoms with E-state index in [0.717, 1.165) is 0 Å². The molecule has 1 atom stereocenters. The lowest BCUT2D eigenvalue weighted by Crippen LogP contribution is -2.38. The highest BCUT2D eigenvalue weighted by molar-refractivity contribution is 5.75. The molecule has 1 saturated carbocycles. The number of esters is 1. The Morgan fingerprint density at radius 2 is 2.50 bits per heavy atom. The Hall–Kier alpha value is -1.36. The van der Waals surface area contributed by atoms with Crippen molar-refractivity contribution in [3.63, 3.8) is 0 Å². The molecule has 1 N–H and O–H groups in total. The Kier molecular flexibility index (Phi) is 3.24. The van der Waals surface area contributed by atoms with E-state index in [-0.39, 0.29) is 12.0 Å². The molecular formula is C11H17N3O2. The number of hydrogen-bond donors (Lipinski definition) is 1. The molecule has 0 aliphatic heterocycles. The summed E-state index contributed by atoms with van der Waals surface area (Å²) in [6, 6.07) is -0.336. The second-order valence-corrected chi connectivity index (χ2v) is 4.13. The lowest BCUT2D eigenvalue weighted by atomic mass is 10.2. The van der Waals surface area contributed by atoms with E-state index in [0.29, 0.717) is 12.5 Å². The number of likely N-dealkylation sites (N-methyl/N-ethyl adjacent to an activating group) is 1. The molecule has 0 spiro atoms. The quantitative estimate of drug-likeness (QED) is 0.739. The zero-order valence-corrected chi connectivity index (χ0v) is 9.64. The highest BCUT2D eigenvalue weighted by Gasteiger charge is 2.25. The predicted molar refractivity (Wildman–Crippen MR) is 59.1 cm³/mol. The lowest BCUT2D eigenvalue weighted by Gasteiger charge is -2.13. The molecular weight excluding hydrogens is 206 g/mol. The molecule has 5 nitrogen and oxygen atoms in total. The summed E-state index contributed by atoms with van der Waals surface area (Å²) in [6.07, 6.45) is 6.43. The summed E-state index contributed by atoms with van der Waals surface area (Å²) in [4.78, 5) is 11.4. The monoisotopic (exact) mass is 223 g/mol. The fourth-order valence-corrected chi connectivity index (χ4v) is 1.72. The third-order valence-corrected chi connectivity index (χ3v) is 2.91. The molecule has 1 aliphatic rings. The van der Waals surface area contributed by atoms with Crippen molar-refractivity contribution in [3.05, 3.63) is 18.0 Å². The van der Waals surface area contributed by atoms with Gasteiger partial charge in [0.15, 0.2) is 0 Å². The lowest BCUT2D eigenvalue weighted by molar-refractivity contribution is -0.143. The summed E-state index contributed by atoms with van der Waals surface area (Å²) in [5, 5.41) is 7.17. The van der Waals surface area contributed by atoms with Gasteiger partial charge in [0, 0.05) is 6.20 Å². The van der Waals surface area contributed by atoms with Gasteiger partial charge >= 0.3 is 5.97 Å². The summed E-state index contributed by atoms with van der Waals surface area (Å²) in [7, 11) is 3.14. The number of carbonyl (C=O) groups excluding carboxylic acids is 1. The second kappa shape index (κ2) is 4.65. The van der Waals surface area contributed by atoms with E-state index in [1.807, 2.05) is 12.4 Å². The summed E-state index contributed by atoms with van der Waals surface area (Å²) < 4.78 is 6.50. The van der Waals surface area contributed by atoms with E-state index in [9.17, 15) is 4.79 Å². The van der Waals surface area contributed by atoms with Crippen molar-refractivity contribution in [1.82, 2.24) is 15.1 Å². The molecule has 0 saturated heterocycles. The van der Waals surface area contributed by atoms with Crippen molar-refractivity contribution in [2.75, 3.05) is 14.2 Å². The van der Waals surface area contributed by atoms with Crippen LogP contribution >= 0.6 is 0 Å². The van der Waals surface area contributed by atoms with Crippen LogP contribution in [0.25, 0.3) is 0 Å². The van der Waals surface area contributed by atoms with Gasteiger partial charge in [-0.3, -0.25) is 9.48 Å². The average molecular weight is 223 g/mol. The van der Waals surface area contributed by atoms with Gasteiger partial charge in [0.1, 0.15) is 6.04 Å². The topological polar surface area (TPSA) is 56.2 Å². The number of methoxy groups -OCH3 is 1. The number of hydrogen-bond acceptors (Lipinski definition) is 4. The van der Waals surface area contributed by atoms with Crippen molar-refractivity contribution in [2.45, 2.75) is 31.3 Å². The van der Waals surface area contributed by atoms with Gasteiger partial charge in [-0.15, -0.1) is 0 Å². The van der Waals surface area contributed by atoms with Crippen LogP contribution in [0.5, 0.6) is 0 Å². The minimum Gasteiger partial charge on any atom is -0.468 e. The minimum atomic E-state index is -0.336. The van der Waals surface area contributed by atoms with Gasteiger partial charge in [0.25, 0.3) is 0 Å². The molecule has 2 rings (SSSR count). The molecule has 0 radical (unpaired) electrons. The standard InChI is InChI=1S/C11H17N3O2/c1-12-10(11(15)16-2)7-14-6-9(5-13-14)8-3-4-8/h5-6,8,10,12H,3-4,7H2,1-2H3. The number of rotatable bonds is 5. The van der Waals surface area contributed by atoms with E-state index in [4.69, 9.17) is 4.74 Å². The maximum atomic E-state index is 11.4. The first-order valence-corrected chi connectivity index (χ1v) is 5.52. The van der Waals surface area contributed by atoms with Gasteiger partial charge in [-0.2, -0.15) is 5.10 Å². The largest absolute Gasteiger partial charge is 0.468 e. The molecule has 0 aromatic carbocycles. The van der Waals surface area contributed by atoms with Crippen LogP contribution in [0.15, 0.2) is 12.4 Å². The summed E-state index contributed by atoms with van der Waals surface area (Å²) in [5.74, 6) is 0.436. The van der Waals surface area contributed by atoms with Crippen LogP contribution in [-0.2, 0) is 16.1 Å². The van der Waals surface area contributed by atoms with E-state index in [2.05, 4.69) is 10.4 Å². The van der Waals surface area contributed by atoms with Gasteiger partial charge in [0.2, 0.25) is 0 Å². The highest BCUT2D eigenvalue weighted by atomic mass is 16.5. The first-order chi connectivity index (χ1) is 7.74. The van der Waals surface area contributed by atoms with E-state index in [1.165, 1.54) is 25.5 Å². The van der Waals surface area contributed by atoms with Crippen LogP contribution in [0.4, 0.5) is 0 Å². The maximum Gasteiger partial charge on any atom is 0.324 e. The Balaban J connectivity index is 1.97. The van der Waals surface area contributed by atoms with Crippen molar-refractivity contribution >= 4 is 5.97 Å². The normalized spacial score (nSPS) is 17.1. The first-order valence-electron chi connectivity index (χ1n) is 5.52.